The minimum Gasteiger partial charge on any atom is -0.326 e. The van der Waals surface area contributed by atoms with Gasteiger partial charge in [-0.05, 0) is 30.5 Å². The number of nitrogens with two attached hydrogens (primary N) is 1. The lowest BCUT2D eigenvalue weighted by atomic mass is 10.1. The standard InChI is InChI=1S/C14H20N2O/c1-2-3-4-11-5-7-13(8-6-11)16-10-12(15)9-14(16)17/h5-8,12H,2-4,9-10,15H2,1H3. The second-order valence-corrected chi connectivity index (χ2v) is 4.74. The summed E-state index contributed by atoms with van der Waals surface area (Å²) in [6.45, 7) is 2.84. The Kier molecular flexibility index (Phi) is 3.79. The Labute approximate surface area is 103 Å². The molecule has 2 rings (SSSR count). The van der Waals surface area contributed by atoms with E-state index in [1.807, 2.05) is 12.1 Å². The molecule has 17 heavy (non-hydrogen) atoms. The summed E-state index contributed by atoms with van der Waals surface area (Å²) in [5.41, 5.74) is 8.10. The highest BCUT2D eigenvalue weighted by Crippen LogP contribution is 2.21. The number of carbonyl (C=O) groups is 1. The fourth-order valence-electron chi connectivity index (χ4n) is 2.21. The number of nitrogens with zero attached hydrogens (tertiary/aromatic N) is 1. The molecule has 1 aliphatic rings. The summed E-state index contributed by atoms with van der Waals surface area (Å²) >= 11 is 0. The summed E-state index contributed by atoms with van der Waals surface area (Å²) < 4.78 is 0. The van der Waals surface area contributed by atoms with Crippen molar-refractivity contribution in [1.29, 1.82) is 0 Å². The van der Waals surface area contributed by atoms with Crippen molar-refractivity contribution in [2.75, 3.05) is 11.4 Å². The zero-order chi connectivity index (χ0) is 12.3. The van der Waals surface area contributed by atoms with E-state index in [2.05, 4.69) is 19.1 Å². The largest absolute Gasteiger partial charge is 0.326 e. The van der Waals surface area contributed by atoms with Gasteiger partial charge in [0.1, 0.15) is 0 Å². The topological polar surface area (TPSA) is 46.3 Å². The Morgan fingerprint density at radius 1 is 1.35 bits per heavy atom. The van der Waals surface area contributed by atoms with Gasteiger partial charge in [-0.1, -0.05) is 25.5 Å². The van der Waals surface area contributed by atoms with E-state index < -0.39 is 0 Å². The first-order valence-corrected chi connectivity index (χ1v) is 6.35. The Hall–Kier alpha value is -1.35. The maximum atomic E-state index is 11.7. The van der Waals surface area contributed by atoms with Crippen LogP contribution in [0, 0.1) is 0 Å². The van der Waals surface area contributed by atoms with Crippen LogP contribution in [0.3, 0.4) is 0 Å². The number of hydrogen-bond donors (Lipinski definition) is 1. The normalized spacial score (nSPS) is 20.0. The molecular weight excluding hydrogens is 212 g/mol. The van der Waals surface area contributed by atoms with E-state index in [0.29, 0.717) is 13.0 Å². The van der Waals surface area contributed by atoms with E-state index in [1.165, 1.54) is 18.4 Å². The van der Waals surface area contributed by atoms with Crippen LogP contribution in [-0.4, -0.2) is 18.5 Å². The molecule has 0 radical (unpaired) electrons. The van der Waals surface area contributed by atoms with Crippen LogP contribution in [0.5, 0.6) is 0 Å². The predicted molar refractivity (Wildman–Crippen MR) is 70.0 cm³/mol. The molecule has 1 aromatic rings. The fourth-order valence-corrected chi connectivity index (χ4v) is 2.21. The van der Waals surface area contributed by atoms with Crippen LogP contribution in [0.25, 0.3) is 0 Å². The number of anilines is 1. The van der Waals surface area contributed by atoms with E-state index in [0.717, 1.165) is 12.1 Å². The Bertz CT molecular complexity index is 386. The van der Waals surface area contributed by atoms with E-state index >= 15 is 0 Å². The smallest absolute Gasteiger partial charge is 0.228 e. The molecule has 3 heteroatoms. The molecule has 1 fully saturated rings. The Morgan fingerprint density at radius 3 is 2.59 bits per heavy atom. The molecule has 0 bridgehead atoms. The molecular formula is C14H20N2O. The quantitative estimate of drug-likeness (QED) is 0.864. The van der Waals surface area contributed by atoms with Crippen molar-refractivity contribution in [2.24, 2.45) is 5.73 Å². The third-order valence-corrected chi connectivity index (χ3v) is 3.22. The van der Waals surface area contributed by atoms with E-state index in [1.54, 1.807) is 4.90 Å². The molecule has 1 aromatic carbocycles. The van der Waals surface area contributed by atoms with Crippen LogP contribution in [0.2, 0.25) is 0 Å². The van der Waals surface area contributed by atoms with Gasteiger partial charge in [0.05, 0.1) is 0 Å². The van der Waals surface area contributed by atoms with Gasteiger partial charge in [0.2, 0.25) is 5.91 Å². The van der Waals surface area contributed by atoms with Crippen molar-refractivity contribution < 1.29 is 4.79 Å². The summed E-state index contributed by atoms with van der Waals surface area (Å²) in [5, 5.41) is 0. The van der Waals surface area contributed by atoms with Gasteiger partial charge in [0.25, 0.3) is 0 Å². The Morgan fingerprint density at radius 2 is 2.06 bits per heavy atom. The molecule has 1 atom stereocenters. The fraction of sp³-hybridized carbons (Fsp3) is 0.500. The summed E-state index contributed by atoms with van der Waals surface area (Å²) in [6.07, 6.45) is 4.01. The summed E-state index contributed by atoms with van der Waals surface area (Å²) in [7, 11) is 0. The molecule has 0 spiro atoms. The molecule has 0 aliphatic carbocycles. The van der Waals surface area contributed by atoms with E-state index in [9.17, 15) is 4.79 Å². The highest BCUT2D eigenvalue weighted by Gasteiger charge is 2.27. The predicted octanol–water partition coefficient (Wildman–Crippen LogP) is 2.09. The molecule has 1 unspecified atom stereocenters. The molecule has 0 saturated carbocycles. The molecule has 3 nitrogen and oxygen atoms in total. The van der Waals surface area contributed by atoms with Crippen molar-refractivity contribution in [3.8, 4) is 0 Å². The number of aryl methyl sites for hydroxylation is 1. The van der Waals surface area contributed by atoms with Crippen molar-refractivity contribution in [3.05, 3.63) is 29.8 Å². The van der Waals surface area contributed by atoms with Crippen LogP contribution < -0.4 is 10.6 Å². The molecule has 1 aliphatic heterocycles. The van der Waals surface area contributed by atoms with Crippen molar-refractivity contribution >= 4 is 11.6 Å². The lowest BCUT2D eigenvalue weighted by Crippen LogP contribution is -2.27. The first-order valence-electron chi connectivity index (χ1n) is 6.35. The van der Waals surface area contributed by atoms with E-state index in [4.69, 9.17) is 5.73 Å². The Balaban J connectivity index is 2.05. The number of rotatable bonds is 4. The number of benzene rings is 1. The lowest BCUT2D eigenvalue weighted by Gasteiger charge is -2.16. The van der Waals surface area contributed by atoms with Gasteiger partial charge in [-0.15, -0.1) is 0 Å². The molecule has 1 heterocycles. The van der Waals surface area contributed by atoms with Gasteiger partial charge < -0.3 is 10.6 Å². The van der Waals surface area contributed by atoms with Crippen molar-refractivity contribution in [1.82, 2.24) is 0 Å². The van der Waals surface area contributed by atoms with Crippen molar-refractivity contribution in [2.45, 2.75) is 38.6 Å². The highest BCUT2D eigenvalue weighted by atomic mass is 16.2. The van der Waals surface area contributed by atoms with Gasteiger partial charge in [-0.25, -0.2) is 0 Å². The summed E-state index contributed by atoms with van der Waals surface area (Å²) in [4.78, 5) is 13.5. The lowest BCUT2D eigenvalue weighted by molar-refractivity contribution is -0.117. The molecule has 1 saturated heterocycles. The van der Waals surface area contributed by atoms with Gasteiger partial charge >= 0.3 is 0 Å². The van der Waals surface area contributed by atoms with Crippen LogP contribution in [-0.2, 0) is 11.2 Å². The first-order chi connectivity index (χ1) is 8.20. The summed E-state index contributed by atoms with van der Waals surface area (Å²) in [5.74, 6) is 0.138. The SMILES string of the molecule is CCCCc1ccc(N2CC(N)CC2=O)cc1. The molecule has 92 valence electrons. The van der Waals surface area contributed by atoms with Crippen molar-refractivity contribution in [3.63, 3.8) is 0 Å². The van der Waals surface area contributed by atoms with Gasteiger partial charge in [0.15, 0.2) is 0 Å². The van der Waals surface area contributed by atoms with Gasteiger partial charge in [-0.3, -0.25) is 4.79 Å². The summed E-state index contributed by atoms with van der Waals surface area (Å²) in [6, 6.07) is 8.27. The molecule has 1 amide bonds. The molecule has 2 N–H and O–H groups in total. The van der Waals surface area contributed by atoms with Crippen LogP contribution in [0.1, 0.15) is 31.7 Å². The van der Waals surface area contributed by atoms with Gasteiger partial charge in [-0.2, -0.15) is 0 Å². The third-order valence-electron chi connectivity index (χ3n) is 3.22. The highest BCUT2D eigenvalue weighted by molar-refractivity contribution is 5.96. The number of carbonyl (C=O) groups excluding carboxylic acids is 1. The zero-order valence-electron chi connectivity index (χ0n) is 10.4. The van der Waals surface area contributed by atoms with Crippen LogP contribution in [0.4, 0.5) is 5.69 Å². The first kappa shape index (κ1) is 12.1. The monoisotopic (exact) mass is 232 g/mol. The second kappa shape index (κ2) is 5.32. The van der Waals surface area contributed by atoms with Crippen LogP contribution in [0.15, 0.2) is 24.3 Å². The average Bonchev–Trinajstić information content (AvgIpc) is 2.66. The van der Waals surface area contributed by atoms with Crippen LogP contribution >= 0.6 is 0 Å². The maximum absolute atomic E-state index is 11.7. The minimum atomic E-state index is -0.0118. The average molecular weight is 232 g/mol. The zero-order valence-corrected chi connectivity index (χ0v) is 10.4. The third kappa shape index (κ3) is 2.86. The minimum absolute atomic E-state index is 0.0118. The number of amides is 1. The number of hydrogen-bond acceptors (Lipinski definition) is 2. The van der Waals surface area contributed by atoms with E-state index in [-0.39, 0.29) is 11.9 Å². The second-order valence-electron chi connectivity index (χ2n) is 4.74. The van der Waals surface area contributed by atoms with Gasteiger partial charge in [0, 0.05) is 24.7 Å². The molecule has 0 aromatic heterocycles. The maximum Gasteiger partial charge on any atom is 0.228 e. The number of unbranched alkanes of at least 4 members (excludes halogenated alkanes) is 1.